The Labute approximate surface area is 137 Å². The van der Waals surface area contributed by atoms with E-state index in [1.165, 1.54) is 25.7 Å². The van der Waals surface area contributed by atoms with Gasteiger partial charge in [0.25, 0.3) is 0 Å². The van der Waals surface area contributed by atoms with E-state index in [1.54, 1.807) is 30.2 Å². The summed E-state index contributed by atoms with van der Waals surface area (Å²) in [5.74, 6) is 0.321. The highest BCUT2D eigenvalue weighted by Crippen LogP contribution is 2.24. The van der Waals surface area contributed by atoms with Crippen LogP contribution in [0.25, 0.3) is 11.3 Å². The molecule has 0 bridgehead atoms. The quantitative estimate of drug-likeness (QED) is 0.629. The Balaban J connectivity index is 1.58. The van der Waals surface area contributed by atoms with Gasteiger partial charge in [-0.3, -0.25) is 9.97 Å². The Hall–Kier alpha value is -2.20. The van der Waals surface area contributed by atoms with Crippen molar-refractivity contribution >= 4 is 0 Å². The molecule has 0 radical (unpaired) electrons. The Morgan fingerprint density at radius 3 is 2.91 bits per heavy atom. The molecule has 2 N–H and O–H groups in total. The van der Waals surface area contributed by atoms with Crippen LogP contribution in [-0.2, 0) is 6.54 Å². The first-order valence-electron chi connectivity index (χ1n) is 8.30. The molecule has 0 aliphatic heterocycles. The van der Waals surface area contributed by atoms with E-state index in [0.29, 0.717) is 12.3 Å². The fourth-order valence-corrected chi connectivity index (χ4v) is 2.94. The van der Waals surface area contributed by atoms with Gasteiger partial charge in [0.15, 0.2) is 0 Å². The van der Waals surface area contributed by atoms with Crippen LogP contribution in [0.15, 0.2) is 48.4 Å². The fraction of sp³-hybridized carbons (Fsp3) is 0.368. The summed E-state index contributed by atoms with van der Waals surface area (Å²) in [4.78, 5) is 8.40. The van der Waals surface area contributed by atoms with E-state index in [-0.39, 0.29) is 0 Å². The highest BCUT2D eigenvalue weighted by molar-refractivity contribution is 5.60. The molecule has 0 fully saturated rings. The van der Waals surface area contributed by atoms with Gasteiger partial charge < -0.3 is 10.4 Å². The molecule has 1 aliphatic carbocycles. The summed E-state index contributed by atoms with van der Waals surface area (Å²) in [7, 11) is 0. The van der Waals surface area contributed by atoms with Crippen molar-refractivity contribution in [2.24, 2.45) is 0 Å². The van der Waals surface area contributed by atoms with Crippen LogP contribution in [-0.4, -0.2) is 21.6 Å². The molecular formula is C19H23N3O. The first-order chi connectivity index (χ1) is 11.3. The molecule has 120 valence electrons. The molecule has 0 spiro atoms. The lowest BCUT2D eigenvalue weighted by molar-refractivity contribution is 0.464. The standard InChI is InChI=1S/C19H23N3O/c23-19-7-6-16(18-14-21-10-11-22-18)12-17(19)13-20-9-8-15-4-2-1-3-5-15/h4,6-7,10-12,14,20,23H,1-3,5,8-9,13H2. The van der Waals surface area contributed by atoms with Crippen molar-refractivity contribution in [2.75, 3.05) is 6.54 Å². The predicted molar refractivity (Wildman–Crippen MR) is 92.0 cm³/mol. The number of hydrogen-bond donors (Lipinski definition) is 2. The molecule has 4 heteroatoms. The SMILES string of the molecule is Oc1ccc(-c2cnccn2)cc1CNCCC1=CCCCC1. The molecule has 23 heavy (non-hydrogen) atoms. The van der Waals surface area contributed by atoms with Gasteiger partial charge in [-0.2, -0.15) is 0 Å². The average Bonchev–Trinajstić information content (AvgIpc) is 2.62. The maximum absolute atomic E-state index is 10.0. The van der Waals surface area contributed by atoms with Crippen LogP contribution in [0.4, 0.5) is 0 Å². The molecule has 0 saturated carbocycles. The fourth-order valence-electron chi connectivity index (χ4n) is 2.94. The van der Waals surface area contributed by atoms with Gasteiger partial charge >= 0.3 is 0 Å². The number of rotatable bonds is 6. The second-order valence-corrected chi connectivity index (χ2v) is 5.97. The maximum Gasteiger partial charge on any atom is 0.120 e. The molecule has 1 aromatic heterocycles. The van der Waals surface area contributed by atoms with E-state index >= 15 is 0 Å². The van der Waals surface area contributed by atoms with Gasteiger partial charge in [-0.1, -0.05) is 11.6 Å². The van der Waals surface area contributed by atoms with E-state index in [4.69, 9.17) is 0 Å². The summed E-state index contributed by atoms with van der Waals surface area (Å²) in [6.07, 6.45) is 13.7. The van der Waals surface area contributed by atoms with Gasteiger partial charge in [0, 0.05) is 30.1 Å². The molecule has 4 nitrogen and oxygen atoms in total. The number of aromatic hydroxyl groups is 1. The van der Waals surface area contributed by atoms with Crippen LogP contribution >= 0.6 is 0 Å². The van der Waals surface area contributed by atoms with Gasteiger partial charge in [-0.25, -0.2) is 0 Å². The van der Waals surface area contributed by atoms with E-state index in [2.05, 4.69) is 21.4 Å². The molecule has 0 unspecified atom stereocenters. The van der Waals surface area contributed by atoms with Crippen molar-refractivity contribution in [3.63, 3.8) is 0 Å². The van der Waals surface area contributed by atoms with Crippen LogP contribution in [0.3, 0.4) is 0 Å². The summed E-state index contributed by atoms with van der Waals surface area (Å²) in [6, 6.07) is 5.58. The lowest BCUT2D eigenvalue weighted by Gasteiger charge is -2.13. The zero-order valence-corrected chi connectivity index (χ0v) is 13.3. The number of phenolic OH excluding ortho intramolecular Hbond substituents is 1. The third-order valence-corrected chi connectivity index (χ3v) is 4.26. The van der Waals surface area contributed by atoms with Gasteiger partial charge in [-0.05, 0) is 56.8 Å². The minimum atomic E-state index is 0.321. The molecule has 1 aliphatic rings. The minimum Gasteiger partial charge on any atom is -0.508 e. The first-order valence-corrected chi connectivity index (χ1v) is 8.30. The molecule has 0 amide bonds. The summed E-state index contributed by atoms with van der Waals surface area (Å²) < 4.78 is 0. The molecule has 2 aromatic rings. The lowest BCUT2D eigenvalue weighted by atomic mass is 9.97. The summed E-state index contributed by atoms with van der Waals surface area (Å²) in [5.41, 5.74) is 4.26. The van der Waals surface area contributed by atoms with Crippen LogP contribution in [0.2, 0.25) is 0 Å². The van der Waals surface area contributed by atoms with E-state index in [0.717, 1.165) is 29.8 Å². The Bertz CT molecular complexity index is 668. The third-order valence-electron chi connectivity index (χ3n) is 4.26. The van der Waals surface area contributed by atoms with Gasteiger partial charge in [0.2, 0.25) is 0 Å². The zero-order chi connectivity index (χ0) is 15.9. The second-order valence-electron chi connectivity index (χ2n) is 5.97. The van der Waals surface area contributed by atoms with E-state index in [9.17, 15) is 5.11 Å². The van der Waals surface area contributed by atoms with Crippen LogP contribution in [0, 0.1) is 0 Å². The van der Waals surface area contributed by atoms with Gasteiger partial charge in [0.05, 0.1) is 11.9 Å². The van der Waals surface area contributed by atoms with E-state index < -0.39 is 0 Å². The number of nitrogens with zero attached hydrogens (tertiary/aromatic N) is 2. The number of aromatic nitrogens is 2. The second kappa shape index (κ2) is 7.88. The van der Waals surface area contributed by atoms with Crippen LogP contribution < -0.4 is 5.32 Å². The van der Waals surface area contributed by atoms with Crippen molar-refractivity contribution in [3.8, 4) is 17.0 Å². The van der Waals surface area contributed by atoms with Crippen LogP contribution in [0.1, 0.15) is 37.7 Å². The number of nitrogens with one attached hydrogen (secondary N) is 1. The topological polar surface area (TPSA) is 58.0 Å². The predicted octanol–water partition coefficient (Wildman–Crippen LogP) is 3.83. The van der Waals surface area contributed by atoms with Crippen molar-refractivity contribution in [3.05, 3.63) is 54.0 Å². The summed E-state index contributed by atoms with van der Waals surface area (Å²) in [6.45, 7) is 1.61. The maximum atomic E-state index is 10.0. The molecule has 1 heterocycles. The van der Waals surface area contributed by atoms with Crippen LogP contribution in [0.5, 0.6) is 5.75 Å². The Morgan fingerprint density at radius 1 is 1.17 bits per heavy atom. The monoisotopic (exact) mass is 309 g/mol. The van der Waals surface area contributed by atoms with Crippen molar-refractivity contribution in [1.82, 2.24) is 15.3 Å². The summed E-state index contributed by atoms with van der Waals surface area (Å²) in [5, 5.41) is 13.5. The number of phenols is 1. The number of benzene rings is 1. The molecule has 1 aromatic carbocycles. The normalized spacial score (nSPS) is 14.5. The Morgan fingerprint density at radius 2 is 2.13 bits per heavy atom. The first kappa shape index (κ1) is 15.7. The zero-order valence-electron chi connectivity index (χ0n) is 13.3. The van der Waals surface area contributed by atoms with E-state index in [1.807, 2.05) is 12.1 Å². The number of hydrogen-bond acceptors (Lipinski definition) is 4. The smallest absolute Gasteiger partial charge is 0.120 e. The molecular weight excluding hydrogens is 286 g/mol. The summed E-state index contributed by atoms with van der Waals surface area (Å²) >= 11 is 0. The minimum absolute atomic E-state index is 0.321. The van der Waals surface area contributed by atoms with Gasteiger partial charge in [0.1, 0.15) is 5.75 Å². The molecule has 0 saturated heterocycles. The highest BCUT2D eigenvalue weighted by Gasteiger charge is 2.07. The average molecular weight is 309 g/mol. The number of allylic oxidation sites excluding steroid dienone is 1. The highest BCUT2D eigenvalue weighted by atomic mass is 16.3. The third kappa shape index (κ3) is 4.39. The lowest BCUT2D eigenvalue weighted by Crippen LogP contribution is -2.15. The molecule has 0 atom stereocenters. The van der Waals surface area contributed by atoms with Crippen molar-refractivity contribution in [2.45, 2.75) is 38.6 Å². The van der Waals surface area contributed by atoms with Crippen molar-refractivity contribution in [1.29, 1.82) is 0 Å². The molecule has 3 rings (SSSR count). The Kier molecular flexibility index (Phi) is 5.37. The largest absolute Gasteiger partial charge is 0.508 e. The van der Waals surface area contributed by atoms with Crippen molar-refractivity contribution < 1.29 is 5.11 Å². The van der Waals surface area contributed by atoms with Gasteiger partial charge in [-0.15, -0.1) is 0 Å².